The molecule has 124 valence electrons. The van der Waals surface area contributed by atoms with Gasteiger partial charge in [0.05, 0.1) is 18.9 Å². The van der Waals surface area contributed by atoms with Crippen LogP contribution in [0.25, 0.3) is 0 Å². The van der Waals surface area contributed by atoms with Gasteiger partial charge in [-0.2, -0.15) is 4.99 Å². The SMILES string of the molecule is Cc1ccc(N=C(/N=C(\N)c2ccccc2)N2CCOCC2)cc1. The lowest BCUT2D eigenvalue weighted by Crippen LogP contribution is -2.40. The highest BCUT2D eigenvalue weighted by Gasteiger charge is 2.15. The van der Waals surface area contributed by atoms with Crippen molar-refractivity contribution >= 4 is 17.5 Å². The highest BCUT2D eigenvalue weighted by molar-refractivity contribution is 6.05. The number of morpholine rings is 1. The Morgan fingerprint density at radius 3 is 2.33 bits per heavy atom. The van der Waals surface area contributed by atoms with Gasteiger partial charge in [-0.15, -0.1) is 0 Å². The fourth-order valence-electron chi connectivity index (χ4n) is 2.45. The largest absolute Gasteiger partial charge is 0.383 e. The minimum atomic E-state index is 0.466. The Balaban J connectivity index is 1.93. The van der Waals surface area contributed by atoms with Crippen molar-refractivity contribution in [1.29, 1.82) is 0 Å². The van der Waals surface area contributed by atoms with Gasteiger partial charge in [-0.25, -0.2) is 4.99 Å². The molecule has 0 aliphatic carbocycles. The molecule has 1 aliphatic rings. The summed E-state index contributed by atoms with van der Waals surface area (Å²) in [6.07, 6.45) is 0. The van der Waals surface area contributed by atoms with Gasteiger partial charge in [-0.1, -0.05) is 48.0 Å². The molecule has 1 fully saturated rings. The molecule has 0 bridgehead atoms. The van der Waals surface area contributed by atoms with E-state index in [-0.39, 0.29) is 0 Å². The van der Waals surface area contributed by atoms with Crippen LogP contribution < -0.4 is 5.73 Å². The summed E-state index contributed by atoms with van der Waals surface area (Å²) in [4.78, 5) is 11.4. The Morgan fingerprint density at radius 2 is 1.67 bits per heavy atom. The Hall–Kier alpha value is -2.66. The van der Waals surface area contributed by atoms with Crippen molar-refractivity contribution in [2.75, 3.05) is 26.3 Å². The molecule has 2 aromatic carbocycles. The standard InChI is InChI=1S/C19H22N4O/c1-15-7-9-17(10-8-15)21-19(23-11-13-24-14-12-23)22-18(20)16-5-3-2-4-6-16/h2-10H,11-14H2,1H3,(H2,20,21,22). The van der Waals surface area contributed by atoms with Crippen molar-refractivity contribution in [3.05, 3.63) is 65.7 Å². The number of nitrogens with zero attached hydrogens (tertiary/aromatic N) is 3. The predicted molar refractivity (Wildman–Crippen MR) is 97.8 cm³/mol. The second-order valence-corrected chi connectivity index (χ2v) is 5.71. The average molecular weight is 322 g/mol. The summed E-state index contributed by atoms with van der Waals surface area (Å²) < 4.78 is 5.43. The van der Waals surface area contributed by atoms with Gasteiger partial charge < -0.3 is 15.4 Å². The van der Waals surface area contributed by atoms with Crippen LogP contribution in [0.4, 0.5) is 5.69 Å². The number of nitrogens with two attached hydrogens (primary N) is 1. The molecule has 1 heterocycles. The van der Waals surface area contributed by atoms with Crippen LogP contribution in [-0.2, 0) is 4.74 Å². The summed E-state index contributed by atoms with van der Waals surface area (Å²) in [5.74, 6) is 1.09. The lowest BCUT2D eigenvalue weighted by atomic mass is 10.2. The minimum absolute atomic E-state index is 0.466. The summed E-state index contributed by atoms with van der Waals surface area (Å²) in [5.41, 5.74) is 9.15. The predicted octanol–water partition coefficient (Wildman–Crippen LogP) is 2.72. The number of aliphatic imine (C=N–C) groups is 2. The number of amidine groups is 1. The molecule has 1 aliphatic heterocycles. The molecule has 3 rings (SSSR count). The maximum Gasteiger partial charge on any atom is 0.228 e. The first-order valence-electron chi connectivity index (χ1n) is 8.10. The summed E-state index contributed by atoms with van der Waals surface area (Å²) in [6.45, 7) is 4.93. The summed E-state index contributed by atoms with van der Waals surface area (Å²) >= 11 is 0. The topological polar surface area (TPSA) is 63.2 Å². The zero-order valence-electron chi connectivity index (χ0n) is 13.9. The molecule has 2 aromatic rings. The van der Waals surface area contributed by atoms with Crippen molar-refractivity contribution in [1.82, 2.24) is 4.90 Å². The first-order chi connectivity index (χ1) is 11.7. The molecular formula is C19H22N4O. The zero-order valence-corrected chi connectivity index (χ0v) is 13.9. The Morgan fingerprint density at radius 1 is 1.00 bits per heavy atom. The van der Waals surface area contributed by atoms with E-state index in [0.717, 1.165) is 24.3 Å². The number of hydrogen-bond donors (Lipinski definition) is 1. The van der Waals surface area contributed by atoms with Gasteiger partial charge in [0.2, 0.25) is 5.96 Å². The van der Waals surface area contributed by atoms with Gasteiger partial charge in [0, 0.05) is 18.7 Å². The van der Waals surface area contributed by atoms with Gasteiger partial charge >= 0.3 is 0 Å². The number of guanidine groups is 1. The third-order valence-corrected chi connectivity index (χ3v) is 3.85. The van der Waals surface area contributed by atoms with Gasteiger partial charge in [0.15, 0.2) is 0 Å². The molecule has 0 spiro atoms. The van der Waals surface area contributed by atoms with E-state index in [1.165, 1.54) is 5.56 Å². The lowest BCUT2D eigenvalue weighted by molar-refractivity contribution is 0.0676. The molecule has 0 radical (unpaired) electrons. The summed E-state index contributed by atoms with van der Waals surface area (Å²) in [6, 6.07) is 17.8. The molecule has 2 N–H and O–H groups in total. The number of ether oxygens (including phenoxy) is 1. The fourth-order valence-corrected chi connectivity index (χ4v) is 2.45. The van der Waals surface area contributed by atoms with Crippen LogP contribution in [0.1, 0.15) is 11.1 Å². The van der Waals surface area contributed by atoms with E-state index in [0.29, 0.717) is 25.0 Å². The first kappa shape index (κ1) is 16.2. The zero-order chi connectivity index (χ0) is 16.8. The molecule has 0 aromatic heterocycles. The van der Waals surface area contributed by atoms with Crippen LogP contribution in [0.2, 0.25) is 0 Å². The molecule has 0 atom stereocenters. The molecule has 5 heteroatoms. The molecular weight excluding hydrogens is 300 g/mol. The maximum absolute atomic E-state index is 6.19. The van der Waals surface area contributed by atoms with E-state index in [4.69, 9.17) is 15.5 Å². The average Bonchev–Trinajstić information content (AvgIpc) is 2.64. The van der Waals surface area contributed by atoms with E-state index in [1.807, 2.05) is 54.6 Å². The summed E-state index contributed by atoms with van der Waals surface area (Å²) in [7, 11) is 0. The molecule has 0 amide bonds. The lowest BCUT2D eigenvalue weighted by Gasteiger charge is -2.27. The van der Waals surface area contributed by atoms with Crippen molar-refractivity contribution in [3.8, 4) is 0 Å². The Labute approximate surface area is 142 Å². The molecule has 0 unspecified atom stereocenters. The van der Waals surface area contributed by atoms with E-state index in [2.05, 4.69) is 16.8 Å². The van der Waals surface area contributed by atoms with E-state index in [9.17, 15) is 0 Å². The fraction of sp³-hybridized carbons (Fsp3) is 0.263. The highest BCUT2D eigenvalue weighted by Crippen LogP contribution is 2.15. The van der Waals surface area contributed by atoms with Crippen LogP contribution in [0.3, 0.4) is 0 Å². The van der Waals surface area contributed by atoms with Crippen molar-refractivity contribution in [3.63, 3.8) is 0 Å². The van der Waals surface area contributed by atoms with Gasteiger partial charge in [-0.05, 0) is 19.1 Å². The van der Waals surface area contributed by atoms with Gasteiger partial charge in [-0.3, -0.25) is 0 Å². The number of rotatable bonds is 2. The smallest absolute Gasteiger partial charge is 0.228 e. The molecule has 24 heavy (non-hydrogen) atoms. The maximum atomic E-state index is 6.19. The second-order valence-electron chi connectivity index (χ2n) is 5.71. The van der Waals surface area contributed by atoms with Crippen LogP contribution in [-0.4, -0.2) is 43.0 Å². The third kappa shape index (κ3) is 4.20. The Bertz CT molecular complexity index is 717. The molecule has 5 nitrogen and oxygen atoms in total. The van der Waals surface area contributed by atoms with E-state index in [1.54, 1.807) is 0 Å². The van der Waals surface area contributed by atoms with Gasteiger partial charge in [0.25, 0.3) is 0 Å². The van der Waals surface area contributed by atoms with Crippen molar-refractivity contribution < 1.29 is 4.74 Å². The van der Waals surface area contributed by atoms with Crippen LogP contribution in [0.15, 0.2) is 64.6 Å². The quantitative estimate of drug-likeness (QED) is 0.683. The van der Waals surface area contributed by atoms with Crippen LogP contribution in [0.5, 0.6) is 0 Å². The minimum Gasteiger partial charge on any atom is -0.383 e. The molecule has 0 saturated carbocycles. The van der Waals surface area contributed by atoms with E-state index < -0.39 is 0 Å². The van der Waals surface area contributed by atoms with E-state index >= 15 is 0 Å². The third-order valence-electron chi connectivity index (χ3n) is 3.85. The van der Waals surface area contributed by atoms with Crippen LogP contribution >= 0.6 is 0 Å². The number of hydrogen-bond acceptors (Lipinski definition) is 2. The first-order valence-corrected chi connectivity index (χ1v) is 8.10. The molecule has 1 saturated heterocycles. The second kappa shape index (κ2) is 7.75. The van der Waals surface area contributed by atoms with Crippen molar-refractivity contribution in [2.24, 2.45) is 15.7 Å². The monoisotopic (exact) mass is 322 g/mol. The number of aryl methyl sites for hydroxylation is 1. The van der Waals surface area contributed by atoms with Crippen molar-refractivity contribution in [2.45, 2.75) is 6.92 Å². The van der Waals surface area contributed by atoms with Gasteiger partial charge in [0.1, 0.15) is 5.84 Å². The number of benzene rings is 2. The highest BCUT2D eigenvalue weighted by atomic mass is 16.5. The Kier molecular flexibility index (Phi) is 5.23. The summed E-state index contributed by atoms with van der Waals surface area (Å²) in [5, 5.41) is 0. The normalized spacial score (nSPS) is 16.3. The van der Waals surface area contributed by atoms with Crippen LogP contribution in [0, 0.1) is 6.92 Å².